The number of hydrogen-bond acceptors (Lipinski definition) is 8. The number of piperazine rings is 1. The first kappa shape index (κ1) is 30.9. The molecule has 0 saturated carbocycles. The molecule has 11 nitrogen and oxygen atoms in total. The first-order valence-corrected chi connectivity index (χ1v) is 14.8. The Balaban J connectivity index is 1.14. The first-order valence-electron chi connectivity index (χ1n) is 14.8. The van der Waals surface area contributed by atoms with Gasteiger partial charge in [-0.25, -0.2) is 23.8 Å². The van der Waals surface area contributed by atoms with Gasteiger partial charge in [0.2, 0.25) is 5.88 Å². The quantitative estimate of drug-likeness (QED) is 0.202. The lowest BCUT2D eigenvalue weighted by molar-refractivity contribution is 0.154. The van der Waals surface area contributed by atoms with Crippen LogP contribution in [0.1, 0.15) is 32.9 Å². The largest absolute Gasteiger partial charge is 0.439 e. The van der Waals surface area contributed by atoms with Gasteiger partial charge in [-0.05, 0) is 68.5 Å². The molecule has 44 heavy (non-hydrogen) atoms. The van der Waals surface area contributed by atoms with Crippen molar-refractivity contribution in [1.29, 1.82) is 0 Å². The number of rotatable bonds is 10. The van der Waals surface area contributed by atoms with E-state index in [1.807, 2.05) is 26.8 Å². The van der Waals surface area contributed by atoms with Crippen LogP contribution in [0.3, 0.4) is 0 Å². The number of nitrogens with zero attached hydrogens (tertiary/aromatic N) is 6. The van der Waals surface area contributed by atoms with Gasteiger partial charge in [0.05, 0.1) is 11.4 Å². The Bertz CT molecular complexity index is 1530. The highest BCUT2D eigenvalue weighted by molar-refractivity contribution is 5.99. The molecule has 1 aliphatic heterocycles. The maximum atomic E-state index is 13.5. The van der Waals surface area contributed by atoms with Crippen LogP contribution in [-0.2, 0) is 5.41 Å². The molecule has 12 heteroatoms. The topological polar surface area (TPSA) is 112 Å². The third kappa shape index (κ3) is 8.51. The molecular weight excluding hydrogens is 561 g/mol. The predicted octanol–water partition coefficient (Wildman–Crippen LogP) is 5.58. The number of anilines is 3. The number of benzene rings is 2. The number of hydrogen-bond donors (Lipinski definition) is 3. The Morgan fingerprint density at radius 2 is 1.68 bits per heavy atom. The Morgan fingerprint density at radius 3 is 2.39 bits per heavy atom. The summed E-state index contributed by atoms with van der Waals surface area (Å²) in [5, 5.41) is 13.7. The van der Waals surface area contributed by atoms with Gasteiger partial charge >= 0.3 is 6.03 Å². The highest BCUT2D eigenvalue weighted by Gasteiger charge is 2.22. The lowest BCUT2D eigenvalue weighted by Gasteiger charge is -2.32. The van der Waals surface area contributed by atoms with E-state index in [1.165, 1.54) is 18.5 Å². The third-order valence-corrected chi connectivity index (χ3v) is 7.32. The van der Waals surface area contributed by atoms with E-state index in [1.54, 1.807) is 47.1 Å². The van der Waals surface area contributed by atoms with E-state index >= 15 is 0 Å². The van der Waals surface area contributed by atoms with Gasteiger partial charge in [-0.1, -0.05) is 20.8 Å². The van der Waals surface area contributed by atoms with Gasteiger partial charge < -0.3 is 25.2 Å². The van der Waals surface area contributed by atoms with Gasteiger partial charge in [0, 0.05) is 56.0 Å². The standard InChI is InChI=1S/C32H40FN9O2/c1-32(2,3)27-20-29(42(39-27)25-10-6-23(33)7-11-25)38-31(43)37-24-8-12-26(13-9-24)44-30-21-28(35-22-36-30)34-14-5-15-41-18-16-40(4)17-19-41/h6-13,20-22H,5,14-19H2,1-4H3,(H,34,35,36)(H2,37,38,43). The molecule has 5 rings (SSSR count). The molecule has 2 amide bonds. The Hall–Kier alpha value is -4.55. The number of nitrogens with one attached hydrogen (secondary N) is 3. The third-order valence-electron chi connectivity index (χ3n) is 7.32. The van der Waals surface area contributed by atoms with Crippen molar-refractivity contribution in [2.45, 2.75) is 32.6 Å². The van der Waals surface area contributed by atoms with Gasteiger partial charge in [-0.15, -0.1) is 0 Å². The van der Waals surface area contributed by atoms with Gasteiger partial charge in [0.1, 0.15) is 29.5 Å². The van der Waals surface area contributed by atoms with Crippen molar-refractivity contribution >= 4 is 23.4 Å². The van der Waals surface area contributed by atoms with E-state index in [-0.39, 0.29) is 11.2 Å². The molecule has 0 unspecified atom stereocenters. The zero-order valence-electron chi connectivity index (χ0n) is 25.7. The SMILES string of the molecule is CN1CCN(CCCNc2cc(Oc3ccc(NC(=O)Nc4cc(C(C)(C)C)nn4-c4ccc(F)cc4)cc3)ncn2)CC1. The first-order chi connectivity index (χ1) is 21.1. The molecule has 0 radical (unpaired) electrons. The summed E-state index contributed by atoms with van der Waals surface area (Å²) < 4.78 is 21.0. The average Bonchev–Trinajstić information content (AvgIpc) is 3.42. The fourth-order valence-corrected chi connectivity index (χ4v) is 4.70. The van der Waals surface area contributed by atoms with Crippen LogP contribution >= 0.6 is 0 Å². The second kappa shape index (κ2) is 13.8. The molecule has 1 fully saturated rings. The van der Waals surface area contributed by atoms with Crippen LogP contribution in [0.25, 0.3) is 5.69 Å². The van der Waals surface area contributed by atoms with E-state index in [2.05, 4.69) is 47.9 Å². The van der Waals surface area contributed by atoms with E-state index in [4.69, 9.17) is 4.74 Å². The molecule has 0 aliphatic carbocycles. The van der Waals surface area contributed by atoms with E-state index < -0.39 is 6.03 Å². The van der Waals surface area contributed by atoms with Crippen molar-refractivity contribution < 1.29 is 13.9 Å². The second-order valence-corrected chi connectivity index (χ2v) is 11.9. The normalized spacial score (nSPS) is 14.3. The van der Waals surface area contributed by atoms with Crippen LogP contribution in [0.5, 0.6) is 11.6 Å². The van der Waals surface area contributed by atoms with Crippen LogP contribution in [0, 0.1) is 5.82 Å². The fraction of sp³-hybridized carbons (Fsp3) is 0.375. The maximum Gasteiger partial charge on any atom is 0.324 e. The minimum absolute atomic E-state index is 0.251. The summed E-state index contributed by atoms with van der Waals surface area (Å²) in [5.74, 6) is 1.81. The average molecular weight is 602 g/mol. The highest BCUT2D eigenvalue weighted by atomic mass is 19.1. The Kier molecular flexibility index (Phi) is 9.71. The number of carbonyl (C=O) groups excluding carboxylic acids is 1. The van der Waals surface area contributed by atoms with Crippen molar-refractivity contribution in [1.82, 2.24) is 29.5 Å². The summed E-state index contributed by atoms with van der Waals surface area (Å²) in [6, 6.07) is 16.1. The van der Waals surface area contributed by atoms with E-state index in [9.17, 15) is 9.18 Å². The number of urea groups is 1. The fourth-order valence-electron chi connectivity index (χ4n) is 4.70. The summed E-state index contributed by atoms with van der Waals surface area (Å²) >= 11 is 0. The molecule has 1 aliphatic rings. The van der Waals surface area contributed by atoms with Crippen molar-refractivity contribution in [3.8, 4) is 17.3 Å². The monoisotopic (exact) mass is 601 g/mol. The van der Waals surface area contributed by atoms with Crippen LogP contribution in [0.15, 0.2) is 67.0 Å². The van der Waals surface area contributed by atoms with Crippen LogP contribution in [0.2, 0.25) is 0 Å². The number of amides is 2. The van der Waals surface area contributed by atoms with Crippen LogP contribution in [0.4, 0.5) is 26.5 Å². The minimum Gasteiger partial charge on any atom is -0.439 e. The summed E-state index contributed by atoms with van der Waals surface area (Å²) in [4.78, 5) is 26.3. The summed E-state index contributed by atoms with van der Waals surface area (Å²) in [5.41, 5.74) is 1.74. The second-order valence-electron chi connectivity index (χ2n) is 11.9. The Morgan fingerprint density at radius 1 is 0.955 bits per heavy atom. The summed E-state index contributed by atoms with van der Waals surface area (Å²) in [6.07, 6.45) is 2.50. The highest BCUT2D eigenvalue weighted by Crippen LogP contribution is 2.27. The number of carbonyl (C=O) groups is 1. The molecule has 232 valence electrons. The zero-order valence-corrected chi connectivity index (χ0v) is 25.7. The number of aromatic nitrogens is 4. The molecule has 1 saturated heterocycles. The molecule has 0 spiro atoms. The minimum atomic E-state index is -0.443. The lowest BCUT2D eigenvalue weighted by Crippen LogP contribution is -2.44. The molecule has 0 atom stereocenters. The summed E-state index contributed by atoms with van der Waals surface area (Å²) in [7, 11) is 2.16. The predicted molar refractivity (Wildman–Crippen MR) is 170 cm³/mol. The molecule has 2 aromatic carbocycles. The number of ether oxygens (including phenoxy) is 1. The van der Waals surface area contributed by atoms with Crippen LogP contribution < -0.4 is 20.7 Å². The van der Waals surface area contributed by atoms with Gasteiger partial charge in [-0.2, -0.15) is 5.10 Å². The molecule has 0 bridgehead atoms. The smallest absolute Gasteiger partial charge is 0.324 e. The van der Waals surface area contributed by atoms with E-state index in [0.717, 1.165) is 51.4 Å². The maximum absolute atomic E-state index is 13.5. The van der Waals surface area contributed by atoms with Crippen molar-refractivity contribution in [2.24, 2.45) is 0 Å². The van der Waals surface area contributed by atoms with Crippen molar-refractivity contribution in [2.75, 3.05) is 62.3 Å². The van der Waals surface area contributed by atoms with Crippen LogP contribution in [-0.4, -0.2) is 81.9 Å². The van der Waals surface area contributed by atoms with Crippen molar-refractivity contribution in [3.63, 3.8) is 0 Å². The number of likely N-dealkylation sites (N-methyl/N-ethyl adjacent to an activating group) is 1. The zero-order chi connectivity index (χ0) is 31.1. The molecule has 3 heterocycles. The molecule has 2 aromatic heterocycles. The summed E-state index contributed by atoms with van der Waals surface area (Å²) in [6.45, 7) is 12.4. The number of halogens is 1. The van der Waals surface area contributed by atoms with Crippen molar-refractivity contribution in [3.05, 3.63) is 78.5 Å². The van der Waals surface area contributed by atoms with Gasteiger partial charge in [-0.3, -0.25) is 5.32 Å². The van der Waals surface area contributed by atoms with Gasteiger partial charge in [0.15, 0.2) is 0 Å². The molecule has 4 aromatic rings. The molecular formula is C32H40FN9O2. The lowest BCUT2D eigenvalue weighted by atomic mass is 9.92. The Labute approximate surface area is 257 Å². The van der Waals surface area contributed by atoms with Gasteiger partial charge in [0.25, 0.3) is 0 Å². The van der Waals surface area contributed by atoms with E-state index in [0.29, 0.717) is 34.6 Å². The molecule has 3 N–H and O–H groups in total.